The highest BCUT2D eigenvalue weighted by molar-refractivity contribution is 5.53. The Hall–Kier alpha value is -1.64. The van der Waals surface area contributed by atoms with Crippen LogP contribution in [0.4, 0.5) is 0 Å². The third-order valence-electron chi connectivity index (χ3n) is 2.46. The van der Waals surface area contributed by atoms with Gasteiger partial charge in [0, 0.05) is 5.56 Å². The van der Waals surface area contributed by atoms with Gasteiger partial charge in [0.05, 0.1) is 6.04 Å². The Morgan fingerprint density at radius 3 is 2.64 bits per heavy atom. The van der Waals surface area contributed by atoms with E-state index in [-0.39, 0.29) is 0 Å². The van der Waals surface area contributed by atoms with Crippen molar-refractivity contribution < 1.29 is 0 Å². The van der Waals surface area contributed by atoms with Crippen LogP contribution in [0.5, 0.6) is 0 Å². The molecular formula is C11H11N3. The van der Waals surface area contributed by atoms with E-state index in [1.54, 1.807) is 0 Å². The van der Waals surface area contributed by atoms with Crippen LogP contribution in [0.1, 0.15) is 18.9 Å². The molecule has 1 saturated carbocycles. The molecule has 0 atom stereocenters. The molecule has 1 heterocycles. The largest absolute Gasteiger partial charge is 0.249 e. The lowest BCUT2D eigenvalue weighted by molar-refractivity contribution is 0.641. The molecule has 1 aromatic heterocycles. The van der Waals surface area contributed by atoms with Crippen molar-refractivity contribution in [1.29, 1.82) is 0 Å². The van der Waals surface area contributed by atoms with E-state index >= 15 is 0 Å². The maximum Gasteiger partial charge on any atom is 0.181 e. The smallest absolute Gasteiger partial charge is 0.181 e. The number of hydrogen-bond acceptors (Lipinski definition) is 2. The van der Waals surface area contributed by atoms with Gasteiger partial charge < -0.3 is 0 Å². The van der Waals surface area contributed by atoms with Crippen LogP contribution in [0.3, 0.4) is 0 Å². The summed E-state index contributed by atoms with van der Waals surface area (Å²) in [5.41, 5.74) is 1.09. The van der Waals surface area contributed by atoms with E-state index in [4.69, 9.17) is 0 Å². The van der Waals surface area contributed by atoms with Crippen LogP contribution in [0, 0.1) is 0 Å². The first-order valence-electron chi connectivity index (χ1n) is 4.90. The van der Waals surface area contributed by atoms with E-state index in [0.717, 1.165) is 11.4 Å². The van der Waals surface area contributed by atoms with Crippen molar-refractivity contribution in [3.05, 3.63) is 36.7 Å². The number of aromatic nitrogens is 3. The van der Waals surface area contributed by atoms with Crippen LogP contribution in [0.2, 0.25) is 0 Å². The molecule has 1 aliphatic rings. The van der Waals surface area contributed by atoms with Crippen molar-refractivity contribution in [3.63, 3.8) is 0 Å². The van der Waals surface area contributed by atoms with Gasteiger partial charge in [-0.15, -0.1) is 0 Å². The van der Waals surface area contributed by atoms with Gasteiger partial charge in [-0.1, -0.05) is 30.3 Å². The van der Waals surface area contributed by atoms with Crippen molar-refractivity contribution in [2.24, 2.45) is 0 Å². The molecule has 3 rings (SSSR count). The van der Waals surface area contributed by atoms with E-state index in [2.05, 4.69) is 10.1 Å². The van der Waals surface area contributed by atoms with Crippen LogP contribution < -0.4 is 0 Å². The lowest BCUT2D eigenvalue weighted by Gasteiger charge is -1.94. The van der Waals surface area contributed by atoms with E-state index in [9.17, 15) is 0 Å². The third kappa shape index (κ3) is 1.31. The highest BCUT2D eigenvalue weighted by Crippen LogP contribution is 2.34. The lowest BCUT2D eigenvalue weighted by Crippen LogP contribution is -1.93. The zero-order chi connectivity index (χ0) is 9.38. The minimum absolute atomic E-state index is 0.611. The monoisotopic (exact) mass is 185 g/mol. The fourth-order valence-corrected chi connectivity index (χ4v) is 1.51. The molecule has 3 nitrogen and oxygen atoms in total. The van der Waals surface area contributed by atoms with Gasteiger partial charge in [0.15, 0.2) is 5.82 Å². The first-order valence-corrected chi connectivity index (χ1v) is 4.90. The predicted octanol–water partition coefficient (Wildman–Crippen LogP) is 2.28. The zero-order valence-corrected chi connectivity index (χ0v) is 7.80. The average Bonchev–Trinajstić information content (AvgIpc) is 2.98. The fraction of sp³-hybridized carbons (Fsp3) is 0.273. The molecular weight excluding hydrogens is 174 g/mol. The maximum absolute atomic E-state index is 4.45. The second kappa shape index (κ2) is 2.94. The summed E-state index contributed by atoms with van der Waals surface area (Å²) in [4.78, 5) is 4.30. The number of hydrogen-bond donors (Lipinski definition) is 0. The van der Waals surface area contributed by atoms with E-state index in [1.807, 2.05) is 41.3 Å². The van der Waals surface area contributed by atoms with Crippen LogP contribution in [-0.2, 0) is 0 Å². The van der Waals surface area contributed by atoms with Crippen molar-refractivity contribution in [2.75, 3.05) is 0 Å². The Balaban J connectivity index is 1.96. The molecule has 14 heavy (non-hydrogen) atoms. The van der Waals surface area contributed by atoms with E-state index in [0.29, 0.717) is 6.04 Å². The SMILES string of the molecule is c1ccc(-c2ncn(C3CC3)n2)cc1. The zero-order valence-electron chi connectivity index (χ0n) is 7.80. The molecule has 0 bridgehead atoms. The molecule has 0 aliphatic heterocycles. The highest BCUT2D eigenvalue weighted by Gasteiger charge is 2.24. The molecule has 0 saturated heterocycles. The average molecular weight is 185 g/mol. The van der Waals surface area contributed by atoms with Gasteiger partial charge in [-0.05, 0) is 12.8 Å². The van der Waals surface area contributed by atoms with Gasteiger partial charge in [-0.25, -0.2) is 9.67 Å². The second-order valence-corrected chi connectivity index (χ2v) is 3.65. The summed E-state index contributed by atoms with van der Waals surface area (Å²) in [6.07, 6.45) is 4.33. The molecule has 0 amide bonds. The molecule has 1 aliphatic carbocycles. The topological polar surface area (TPSA) is 30.7 Å². The standard InChI is InChI=1S/C11H11N3/c1-2-4-9(5-3-1)11-12-8-14(13-11)10-6-7-10/h1-5,8,10H,6-7H2. The Kier molecular flexibility index (Phi) is 1.63. The summed E-state index contributed by atoms with van der Waals surface area (Å²) in [7, 11) is 0. The lowest BCUT2D eigenvalue weighted by atomic mass is 10.2. The third-order valence-corrected chi connectivity index (χ3v) is 2.46. The molecule has 1 aromatic carbocycles. The van der Waals surface area contributed by atoms with Gasteiger partial charge in [0.2, 0.25) is 0 Å². The van der Waals surface area contributed by atoms with Crippen LogP contribution >= 0.6 is 0 Å². The maximum atomic E-state index is 4.45. The summed E-state index contributed by atoms with van der Waals surface area (Å²) >= 11 is 0. The molecule has 0 unspecified atom stereocenters. The Labute approximate surface area is 82.4 Å². The summed E-state index contributed by atoms with van der Waals surface area (Å²) in [5, 5.41) is 4.45. The minimum Gasteiger partial charge on any atom is -0.249 e. The normalized spacial score (nSPS) is 15.7. The van der Waals surface area contributed by atoms with Gasteiger partial charge in [-0.3, -0.25) is 0 Å². The summed E-state index contributed by atoms with van der Waals surface area (Å²) < 4.78 is 1.97. The van der Waals surface area contributed by atoms with Crippen LogP contribution in [0.25, 0.3) is 11.4 Å². The van der Waals surface area contributed by atoms with E-state index in [1.165, 1.54) is 12.8 Å². The predicted molar refractivity (Wildman–Crippen MR) is 53.7 cm³/mol. The number of benzene rings is 1. The molecule has 70 valence electrons. The first-order chi connectivity index (χ1) is 6.93. The molecule has 0 spiro atoms. The van der Waals surface area contributed by atoms with Gasteiger partial charge >= 0.3 is 0 Å². The van der Waals surface area contributed by atoms with Crippen molar-refractivity contribution >= 4 is 0 Å². The first kappa shape index (κ1) is 7.74. The van der Waals surface area contributed by atoms with Crippen molar-refractivity contribution in [3.8, 4) is 11.4 Å². The van der Waals surface area contributed by atoms with Crippen LogP contribution in [-0.4, -0.2) is 14.8 Å². The Morgan fingerprint density at radius 2 is 1.93 bits per heavy atom. The molecule has 0 radical (unpaired) electrons. The Morgan fingerprint density at radius 1 is 1.14 bits per heavy atom. The summed E-state index contributed by atoms with van der Waals surface area (Å²) in [6.45, 7) is 0. The van der Waals surface area contributed by atoms with Gasteiger partial charge in [0.1, 0.15) is 6.33 Å². The number of rotatable bonds is 2. The molecule has 3 heteroatoms. The van der Waals surface area contributed by atoms with Crippen molar-refractivity contribution in [1.82, 2.24) is 14.8 Å². The molecule has 2 aromatic rings. The number of nitrogens with zero attached hydrogens (tertiary/aromatic N) is 3. The van der Waals surface area contributed by atoms with Gasteiger partial charge in [0.25, 0.3) is 0 Å². The quantitative estimate of drug-likeness (QED) is 0.718. The van der Waals surface area contributed by atoms with E-state index < -0.39 is 0 Å². The summed E-state index contributed by atoms with van der Waals surface area (Å²) in [5.74, 6) is 0.831. The van der Waals surface area contributed by atoms with Gasteiger partial charge in [-0.2, -0.15) is 5.10 Å². The second-order valence-electron chi connectivity index (χ2n) is 3.65. The minimum atomic E-state index is 0.611. The fourth-order valence-electron chi connectivity index (χ4n) is 1.51. The van der Waals surface area contributed by atoms with Crippen molar-refractivity contribution in [2.45, 2.75) is 18.9 Å². The Bertz CT molecular complexity index is 429. The van der Waals surface area contributed by atoms with Crippen LogP contribution in [0.15, 0.2) is 36.7 Å². The molecule has 0 N–H and O–H groups in total. The summed E-state index contributed by atoms with van der Waals surface area (Å²) in [6, 6.07) is 10.7. The molecule has 1 fully saturated rings. The highest BCUT2D eigenvalue weighted by atomic mass is 15.4.